The molecule has 0 amide bonds. The minimum atomic E-state index is -0.109. The van der Waals surface area contributed by atoms with E-state index in [-0.39, 0.29) is 12.2 Å². The molecule has 0 bridgehead atoms. The highest BCUT2D eigenvalue weighted by Crippen LogP contribution is 2.21. The van der Waals surface area contributed by atoms with Crippen LogP contribution in [-0.4, -0.2) is 19.6 Å². The fraction of sp³-hybridized carbons (Fsp3) is 0.200. The largest absolute Gasteiger partial charge is 0.484 e. The fourth-order valence-corrected chi connectivity index (χ4v) is 3.28. The van der Waals surface area contributed by atoms with E-state index in [0.717, 1.165) is 11.3 Å². The van der Waals surface area contributed by atoms with E-state index in [0.29, 0.717) is 28.2 Å². The average molecular weight is 394 g/mol. The summed E-state index contributed by atoms with van der Waals surface area (Å²) in [6.45, 7) is 4.15. The van der Waals surface area contributed by atoms with Crippen LogP contribution in [0.4, 0.5) is 0 Å². The minimum absolute atomic E-state index is 0.109. The van der Waals surface area contributed by atoms with Gasteiger partial charge in [-0.25, -0.2) is 4.98 Å². The molecule has 0 saturated carbocycles. The van der Waals surface area contributed by atoms with Crippen LogP contribution in [0.3, 0.4) is 0 Å². The Labute approximate surface area is 165 Å². The SMILES string of the molecule is Cc1ccc(OCc2nnc(SCc3cc(=O)n4cc(C)ccc4n3)o2)cc1. The van der Waals surface area contributed by atoms with Crippen LogP contribution in [0.1, 0.15) is 22.7 Å². The molecule has 142 valence electrons. The molecule has 0 spiro atoms. The normalized spacial score (nSPS) is 11.1. The van der Waals surface area contributed by atoms with Crippen LogP contribution in [-0.2, 0) is 12.4 Å². The minimum Gasteiger partial charge on any atom is -0.484 e. The number of hydrogen-bond donors (Lipinski definition) is 0. The number of hydrogen-bond acceptors (Lipinski definition) is 7. The highest BCUT2D eigenvalue weighted by molar-refractivity contribution is 7.98. The number of fused-ring (bicyclic) bond motifs is 1. The number of nitrogens with zero attached hydrogens (tertiary/aromatic N) is 4. The Morgan fingerprint density at radius 2 is 1.86 bits per heavy atom. The van der Waals surface area contributed by atoms with Crippen LogP contribution in [0.15, 0.2) is 63.1 Å². The number of benzene rings is 1. The first kappa shape index (κ1) is 18.2. The Morgan fingerprint density at radius 3 is 2.68 bits per heavy atom. The summed E-state index contributed by atoms with van der Waals surface area (Å²) in [4.78, 5) is 16.8. The maximum atomic E-state index is 12.3. The van der Waals surface area contributed by atoms with Gasteiger partial charge in [-0.1, -0.05) is 35.5 Å². The molecule has 7 nitrogen and oxygen atoms in total. The van der Waals surface area contributed by atoms with Crippen molar-refractivity contribution in [2.75, 3.05) is 0 Å². The van der Waals surface area contributed by atoms with Gasteiger partial charge in [0.1, 0.15) is 11.4 Å². The Bertz CT molecular complexity index is 1170. The summed E-state index contributed by atoms with van der Waals surface area (Å²) in [5, 5.41) is 8.41. The van der Waals surface area contributed by atoms with Crippen molar-refractivity contribution in [2.45, 2.75) is 31.4 Å². The predicted octanol–water partition coefficient (Wildman–Crippen LogP) is 3.57. The molecule has 4 aromatic rings. The Morgan fingerprint density at radius 1 is 1.07 bits per heavy atom. The number of rotatable bonds is 6. The van der Waals surface area contributed by atoms with Gasteiger partial charge in [-0.3, -0.25) is 9.20 Å². The summed E-state index contributed by atoms with van der Waals surface area (Å²) in [5.41, 5.74) is 3.34. The van der Waals surface area contributed by atoms with E-state index in [2.05, 4.69) is 15.2 Å². The molecule has 4 rings (SSSR count). The highest BCUT2D eigenvalue weighted by atomic mass is 32.2. The quantitative estimate of drug-likeness (QED) is 0.462. The Balaban J connectivity index is 1.39. The molecule has 0 fully saturated rings. The van der Waals surface area contributed by atoms with E-state index in [1.165, 1.54) is 27.8 Å². The number of ether oxygens (including phenoxy) is 1. The van der Waals surface area contributed by atoms with Gasteiger partial charge in [0.05, 0.1) is 5.69 Å². The molecule has 0 N–H and O–H groups in total. The monoisotopic (exact) mass is 394 g/mol. The summed E-state index contributed by atoms with van der Waals surface area (Å²) in [6, 6.07) is 13.0. The maximum absolute atomic E-state index is 12.3. The lowest BCUT2D eigenvalue weighted by molar-refractivity contribution is 0.252. The van der Waals surface area contributed by atoms with E-state index < -0.39 is 0 Å². The van der Waals surface area contributed by atoms with Gasteiger partial charge in [-0.05, 0) is 37.6 Å². The Kier molecular flexibility index (Phi) is 5.12. The van der Waals surface area contributed by atoms with Crippen molar-refractivity contribution in [3.05, 3.63) is 81.7 Å². The van der Waals surface area contributed by atoms with Gasteiger partial charge in [0, 0.05) is 18.0 Å². The molecular formula is C20H18N4O3S. The van der Waals surface area contributed by atoms with Crippen molar-refractivity contribution in [3.63, 3.8) is 0 Å². The first-order valence-electron chi connectivity index (χ1n) is 8.70. The molecule has 3 heterocycles. The molecule has 0 atom stereocenters. The smallest absolute Gasteiger partial charge is 0.277 e. The van der Waals surface area contributed by atoms with Crippen LogP contribution in [0, 0.1) is 13.8 Å². The zero-order valence-corrected chi connectivity index (χ0v) is 16.3. The van der Waals surface area contributed by atoms with E-state index in [1.54, 1.807) is 6.20 Å². The molecule has 8 heteroatoms. The van der Waals surface area contributed by atoms with Crippen molar-refractivity contribution in [3.8, 4) is 5.75 Å². The number of aromatic nitrogens is 4. The van der Waals surface area contributed by atoms with Crippen LogP contribution in [0.2, 0.25) is 0 Å². The van der Waals surface area contributed by atoms with Crippen molar-refractivity contribution < 1.29 is 9.15 Å². The van der Waals surface area contributed by atoms with E-state index in [9.17, 15) is 4.79 Å². The highest BCUT2D eigenvalue weighted by Gasteiger charge is 2.10. The Hall–Kier alpha value is -3.13. The molecule has 0 aliphatic carbocycles. The zero-order valence-electron chi connectivity index (χ0n) is 15.5. The number of pyridine rings is 1. The molecule has 1 aromatic carbocycles. The van der Waals surface area contributed by atoms with Gasteiger partial charge in [0.25, 0.3) is 16.7 Å². The van der Waals surface area contributed by atoms with Crippen LogP contribution in [0.25, 0.3) is 5.65 Å². The number of thioether (sulfide) groups is 1. The fourth-order valence-electron chi connectivity index (χ4n) is 2.60. The molecule has 0 radical (unpaired) electrons. The van der Waals surface area contributed by atoms with Gasteiger partial charge in [-0.2, -0.15) is 0 Å². The molecule has 3 aromatic heterocycles. The van der Waals surface area contributed by atoms with Crippen LogP contribution >= 0.6 is 11.8 Å². The third-order valence-corrected chi connectivity index (χ3v) is 4.89. The summed E-state index contributed by atoms with van der Waals surface area (Å²) >= 11 is 1.33. The molecule has 0 unspecified atom stereocenters. The van der Waals surface area contributed by atoms with Crippen LogP contribution in [0.5, 0.6) is 5.75 Å². The zero-order chi connectivity index (χ0) is 19.5. The van der Waals surface area contributed by atoms with Crippen molar-refractivity contribution in [1.82, 2.24) is 19.6 Å². The lowest BCUT2D eigenvalue weighted by Crippen LogP contribution is -2.15. The predicted molar refractivity (Wildman–Crippen MR) is 106 cm³/mol. The second-order valence-electron chi connectivity index (χ2n) is 6.37. The second kappa shape index (κ2) is 7.85. The van der Waals surface area contributed by atoms with Gasteiger partial charge in [0.2, 0.25) is 0 Å². The third kappa shape index (κ3) is 4.23. The average Bonchev–Trinajstić information content (AvgIpc) is 3.14. The van der Waals surface area contributed by atoms with Crippen LogP contribution < -0.4 is 10.3 Å². The van der Waals surface area contributed by atoms with E-state index in [1.807, 2.05) is 50.2 Å². The standard InChI is InChI=1S/C20H18N4O3S/c1-13-3-6-16(7-4-13)26-11-18-22-23-20(27-18)28-12-15-9-19(25)24-10-14(2)5-8-17(24)21-15/h3-10H,11-12H2,1-2H3. The molecular weight excluding hydrogens is 376 g/mol. The van der Waals surface area contributed by atoms with Gasteiger partial charge < -0.3 is 9.15 Å². The second-order valence-corrected chi connectivity index (χ2v) is 7.30. The molecule has 0 aliphatic rings. The van der Waals surface area contributed by atoms with Gasteiger partial charge >= 0.3 is 0 Å². The summed E-state index contributed by atoms with van der Waals surface area (Å²) < 4.78 is 12.8. The first-order valence-corrected chi connectivity index (χ1v) is 9.69. The van der Waals surface area contributed by atoms with Crippen molar-refractivity contribution in [1.29, 1.82) is 0 Å². The first-order chi connectivity index (χ1) is 13.6. The van der Waals surface area contributed by atoms with Crippen molar-refractivity contribution in [2.24, 2.45) is 0 Å². The lowest BCUT2D eigenvalue weighted by atomic mass is 10.2. The van der Waals surface area contributed by atoms with Gasteiger partial charge in [0.15, 0.2) is 6.61 Å². The lowest BCUT2D eigenvalue weighted by Gasteiger charge is -2.04. The number of aryl methyl sites for hydroxylation is 2. The van der Waals surface area contributed by atoms with Gasteiger partial charge in [-0.15, -0.1) is 10.2 Å². The topological polar surface area (TPSA) is 82.5 Å². The molecule has 0 saturated heterocycles. The molecule has 0 aliphatic heterocycles. The summed E-state index contributed by atoms with van der Waals surface area (Å²) in [5.74, 6) is 1.60. The van der Waals surface area contributed by atoms with E-state index >= 15 is 0 Å². The summed E-state index contributed by atoms with van der Waals surface area (Å²) in [6.07, 6.45) is 1.78. The third-order valence-electron chi connectivity index (χ3n) is 4.04. The molecule has 28 heavy (non-hydrogen) atoms. The van der Waals surface area contributed by atoms with E-state index in [4.69, 9.17) is 9.15 Å². The van der Waals surface area contributed by atoms with Crippen molar-refractivity contribution >= 4 is 17.4 Å². The summed E-state index contributed by atoms with van der Waals surface area (Å²) in [7, 11) is 0. The maximum Gasteiger partial charge on any atom is 0.277 e.